The van der Waals surface area contributed by atoms with Gasteiger partial charge in [-0.1, -0.05) is 0 Å². The van der Waals surface area contributed by atoms with Crippen LogP contribution in [0.5, 0.6) is 0 Å². The molecule has 1 heterocycles. The van der Waals surface area contributed by atoms with Gasteiger partial charge in [0.2, 0.25) is 17.8 Å². The number of hydrogen-bond donors (Lipinski definition) is 2. The maximum Gasteiger partial charge on any atom is 0.390 e. The molecule has 108 valence electrons. The largest absolute Gasteiger partial charge is 0.390 e. The number of alkyl halides is 3. The lowest BCUT2D eigenvalue weighted by Gasteiger charge is -2.19. The highest BCUT2D eigenvalue weighted by Crippen LogP contribution is 2.19. The second-order valence-corrected chi connectivity index (χ2v) is 3.78. The van der Waals surface area contributed by atoms with Crippen LogP contribution >= 0.6 is 0 Å². The molecule has 0 atom stereocenters. The Morgan fingerprint density at radius 1 is 1.16 bits per heavy atom. The van der Waals surface area contributed by atoms with E-state index in [-0.39, 0.29) is 18.4 Å². The van der Waals surface area contributed by atoms with Gasteiger partial charge in [0.15, 0.2) is 0 Å². The highest BCUT2D eigenvalue weighted by molar-refractivity contribution is 5.41. The first-order chi connectivity index (χ1) is 8.85. The summed E-state index contributed by atoms with van der Waals surface area (Å²) in [6, 6.07) is 0. The zero-order chi connectivity index (χ0) is 14.5. The lowest BCUT2D eigenvalue weighted by molar-refractivity contribution is -0.131. The minimum Gasteiger partial charge on any atom is -0.368 e. The van der Waals surface area contributed by atoms with Crippen LogP contribution in [0.2, 0.25) is 0 Å². The number of nitrogen functional groups attached to an aromatic ring is 1. The standard InChI is InChI=1S/C10H17F3N6/c1-3-19(4-2)9-17-7(14)16-8(18-9)15-6-5-10(11,12)13/h3-6H2,1-2H3,(H3,14,15,16,17,18). The first-order valence-corrected chi connectivity index (χ1v) is 5.92. The molecule has 0 bridgehead atoms. The molecule has 0 fully saturated rings. The van der Waals surface area contributed by atoms with Gasteiger partial charge in [-0.05, 0) is 13.8 Å². The SMILES string of the molecule is CCN(CC)c1nc(N)nc(NCCC(F)(F)F)n1. The van der Waals surface area contributed by atoms with Crippen molar-refractivity contribution in [1.82, 2.24) is 15.0 Å². The quantitative estimate of drug-likeness (QED) is 0.824. The minimum atomic E-state index is -4.22. The molecule has 19 heavy (non-hydrogen) atoms. The van der Waals surface area contributed by atoms with E-state index in [9.17, 15) is 13.2 Å². The van der Waals surface area contributed by atoms with Crippen LogP contribution in [0, 0.1) is 0 Å². The van der Waals surface area contributed by atoms with Crippen molar-refractivity contribution in [2.75, 3.05) is 35.6 Å². The van der Waals surface area contributed by atoms with Crippen molar-refractivity contribution in [2.45, 2.75) is 26.4 Å². The molecule has 1 aromatic rings. The molecule has 0 amide bonds. The average molecular weight is 278 g/mol. The second kappa shape index (κ2) is 6.39. The molecule has 0 saturated carbocycles. The van der Waals surface area contributed by atoms with Crippen LogP contribution in [0.25, 0.3) is 0 Å². The normalized spacial score (nSPS) is 11.4. The Morgan fingerprint density at radius 2 is 1.79 bits per heavy atom. The fraction of sp³-hybridized carbons (Fsp3) is 0.700. The number of nitrogens with one attached hydrogen (secondary N) is 1. The summed E-state index contributed by atoms with van der Waals surface area (Å²) in [5.41, 5.74) is 5.51. The summed E-state index contributed by atoms with van der Waals surface area (Å²) >= 11 is 0. The molecule has 0 aliphatic rings. The molecule has 1 rings (SSSR count). The predicted molar refractivity (Wildman–Crippen MR) is 67.0 cm³/mol. The van der Waals surface area contributed by atoms with Gasteiger partial charge in [-0.25, -0.2) is 0 Å². The van der Waals surface area contributed by atoms with Gasteiger partial charge < -0.3 is 16.0 Å². The van der Waals surface area contributed by atoms with E-state index >= 15 is 0 Å². The summed E-state index contributed by atoms with van der Waals surface area (Å²) < 4.78 is 36.1. The van der Waals surface area contributed by atoms with Crippen molar-refractivity contribution < 1.29 is 13.2 Å². The number of hydrogen-bond acceptors (Lipinski definition) is 6. The first kappa shape index (κ1) is 15.3. The van der Waals surface area contributed by atoms with Crippen molar-refractivity contribution in [3.05, 3.63) is 0 Å². The average Bonchev–Trinajstić information content (AvgIpc) is 2.28. The van der Waals surface area contributed by atoms with E-state index < -0.39 is 12.6 Å². The smallest absolute Gasteiger partial charge is 0.368 e. The monoisotopic (exact) mass is 278 g/mol. The first-order valence-electron chi connectivity index (χ1n) is 5.92. The Labute approximate surface area is 109 Å². The van der Waals surface area contributed by atoms with Crippen LogP contribution in [-0.2, 0) is 0 Å². The van der Waals surface area contributed by atoms with Crippen molar-refractivity contribution in [3.63, 3.8) is 0 Å². The minimum absolute atomic E-state index is 0.0218. The Morgan fingerprint density at radius 3 is 2.32 bits per heavy atom. The molecular weight excluding hydrogens is 261 g/mol. The Hall–Kier alpha value is -1.80. The Kier molecular flexibility index (Phi) is 5.13. The Bertz CT molecular complexity index is 405. The number of halogens is 3. The molecule has 0 radical (unpaired) electrons. The summed E-state index contributed by atoms with van der Waals surface area (Å²) in [4.78, 5) is 13.6. The van der Waals surface area contributed by atoms with Gasteiger partial charge in [-0.15, -0.1) is 0 Å². The predicted octanol–water partition coefficient (Wildman–Crippen LogP) is 1.66. The van der Waals surface area contributed by atoms with Crippen LogP contribution in [0.3, 0.4) is 0 Å². The molecular formula is C10H17F3N6. The van der Waals surface area contributed by atoms with E-state index in [1.807, 2.05) is 18.7 Å². The molecule has 0 saturated heterocycles. The van der Waals surface area contributed by atoms with Gasteiger partial charge >= 0.3 is 6.18 Å². The highest BCUT2D eigenvalue weighted by atomic mass is 19.4. The molecule has 0 aliphatic heterocycles. The van der Waals surface area contributed by atoms with Crippen LogP contribution in [0.4, 0.5) is 31.0 Å². The van der Waals surface area contributed by atoms with E-state index in [4.69, 9.17) is 5.73 Å². The number of anilines is 3. The second-order valence-electron chi connectivity index (χ2n) is 3.78. The van der Waals surface area contributed by atoms with E-state index in [1.165, 1.54) is 0 Å². The molecule has 3 N–H and O–H groups in total. The van der Waals surface area contributed by atoms with Gasteiger partial charge in [0, 0.05) is 19.6 Å². The summed E-state index contributed by atoms with van der Waals surface area (Å²) in [6.07, 6.45) is -5.17. The number of nitrogens with two attached hydrogens (primary N) is 1. The van der Waals surface area contributed by atoms with Crippen LogP contribution < -0.4 is 16.0 Å². The lowest BCUT2D eigenvalue weighted by atomic mass is 10.4. The maximum atomic E-state index is 12.0. The van der Waals surface area contributed by atoms with Gasteiger partial charge in [0.1, 0.15) is 0 Å². The van der Waals surface area contributed by atoms with Gasteiger partial charge in [-0.2, -0.15) is 28.1 Å². The molecule has 0 aromatic carbocycles. The third kappa shape index (κ3) is 5.14. The van der Waals surface area contributed by atoms with Crippen LogP contribution in [0.15, 0.2) is 0 Å². The Balaban J connectivity index is 2.74. The van der Waals surface area contributed by atoms with E-state index in [2.05, 4.69) is 20.3 Å². The van der Waals surface area contributed by atoms with Crippen molar-refractivity contribution in [3.8, 4) is 0 Å². The zero-order valence-electron chi connectivity index (χ0n) is 10.8. The summed E-state index contributed by atoms with van der Waals surface area (Å²) in [5, 5.41) is 2.50. The van der Waals surface area contributed by atoms with Gasteiger partial charge in [-0.3, -0.25) is 0 Å². The number of nitrogens with zero attached hydrogens (tertiary/aromatic N) is 4. The summed E-state index contributed by atoms with van der Waals surface area (Å²) in [6.45, 7) is 4.87. The molecule has 9 heteroatoms. The lowest BCUT2D eigenvalue weighted by Crippen LogP contribution is -2.25. The summed E-state index contributed by atoms with van der Waals surface area (Å²) in [5.74, 6) is 0.386. The fourth-order valence-electron chi connectivity index (χ4n) is 1.42. The zero-order valence-corrected chi connectivity index (χ0v) is 10.8. The third-order valence-corrected chi connectivity index (χ3v) is 2.38. The van der Waals surface area contributed by atoms with E-state index in [0.717, 1.165) is 0 Å². The van der Waals surface area contributed by atoms with E-state index in [0.29, 0.717) is 19.0 Å². The highest BCUT2D eigenvalue weighted by Gasteiger charge is 2.26. The van der Waals surface area contributed by atoms with Gasteiger partial charge in [0.05, 0.1) is 6.42 Å². The third-order valence-electron chi connectivity index (χ3n) is 2.38. The van der Waals surface area contributed by atoms with E-state index in [1.54, 1.807) is 0 Å². The van der Waals surface area contributed by atoms with Crippen LogP contribution in [0.1, 0.15) is 20.3 Å². The number of rotatable bonds is 6. The number of aromatic nitrogens is 3. The molecule has 0 aliphatic carbocycles. The molecule has 0 spiro atoms. The fourth-order valence-corrected chi connectivity index (χ4v) is 1.42. The van der Waals surface area contributed by atoms with Crippen LogP contribution in [-0.4, -0.2) is 40.8 Å². The summed E-state index contributed by atoms with van der Waals surface area (Å²) in [7, 11) is 0. The van der Waals surface area contributed by atoms with Crippen molar-refractivity contribution in [1.29, 1.82) is 0 Å². The topological polar surface area (TPSA) is 80.0 Å². The van der Waals surface area contributed by atoms with Crippen molar-refractivity contribution >= 4 is 17.8 Å². The molecule has 1 aromatic heterocycles. The molecule has 0 unspecified atom stereocenters. The maximum absolute atomic E-state index is 12.0. The van der Waals surface area contributed by atoms with Gasteiger partial charge in [0.25, 0.3) is 0 Å². The van der Waals surface area contributed by atoms with Crippen molar-refractivity contribution in [2.24, 2.45) is 0 Å². The molecule has 6 nitrogen and oxygen atoms in total.